The maximum Gasteiger partial charge on any atom is 0.233 e. The third-order valence-electron chi connectivity index (χ3n) is 2.49. The first-order valence-corrected chi connectivity index (χ1v) is 5.57. The Bertz CT molecular complexity index is 322. The number of nitrogens with one attached hydrogen (secondary N) is 2. The Morgan fingerprint density at radius 1 is 1.56 bits per heavy atom. The quantitative estimate of drug-likeness (QED) is 0.623. The van der Waals surface area contributed by atoms with E-state index in [0.29, 0.717) is 25.4 Å². The fourth-order valence-electron chi connectivity index (χ4n) is 1.35. The molecule has 1 aliphatic carbocycles. The molecule has 1 aliphatic rings. The number of aromatic nitrogens is 2. The maximum absolute atomic E-state index is 11.3. The Kier molecular flexibility index (Phi) is 3.87. The first kappa shape index (κ1) is 11.1. The third-order valence-corrected chi connectivity index (χ3v) is 2.49. The fourth-order valence-corrected chi connectivity index (χ4v) is 1.35. The molecule has 0 aliphatic heterocycles. The van der Waals surface area contributed by atoms with Gasteiger partial charge in [-0.25, -0.2) is 0 Å². The summed E-state index contributed by atoms with van der Waals surface area (Å²) in [7, 11) is 0. The van der Waals surface area contributed by atoms with Crippen LogP contribution in [0, 0.1) is 5.92 Å². The molecule has 1 saturated carbocycles. The van der Waals surface area contributed by atoms with Gasteiger partial charge in [0.1, 0.15) is 0 Å². The Morgan fingerprint density at radius 2 is 2.44 bits per heavy atom. The molecule has 1 fully saturated rings. The zero-order valence-corrected chi connectivity index (χ0v) is 9.11. The van der Waals surface area contributed by atoms with E-state index < -0.39 is 0 Å². The van der Waals surface area contributed by atoms with Crippen molar-refractivity contribution in [2.45, 2.75) is 19.3 Å². The number of nitrogens with zero attached hydrogens (tertiary/aromatic N) is 2. The summed E-state index contributed by atoms with van der Waals surface area (Å²) in [5.41, 5.74) is 0. The summed E-state index contributed by atoms with van der Waals surface area (Å²) in [5.74, 6) is 1.37. The van der Waals surface area contributed by atoms with Crippen LogP contribution in [0.3, 0.4) is 0 Å². The average Bonchev–Trinajstić information content (AvgIpc) is 2.97. The molecule has 0 spiro atoms. The maximum atomic E-state index is 11.3. The van der Waals surface area contributed by atoms with Gasteiger partial charge < -0.3 is 15.2 Å². The molecule has 88 valence electrons. The lowest BCUT2D eigenvalue weighted by Crippen LogP contribution is -2.35. The highest BCUT2D eigenvalue weighted by molar-refractivity contribution is 5.77. The highest BCUT2D eigenvalue weighted by Crippen LogP contribution is 2.27. The molecule has 6 nitrogen and oxygen atoms in total. The van der Waals surface area contributed by atoms with Crippen LogP contribution in [0.1, 0.15) is 18.7 Å². The molecular formula is C10H16N4O2. The highest BCUT2D eigenvalue weighted by Gasteiger charge is 2.21. The summed E-state index contributed by atoms with van der Waals surface area (Å²) >= 11 is 0. The average molecular weight is 224 g/mol. The zero-order chi connectivity index (χ0) is 11.2. The normalized spacial score (nSPS) is 15.0. The van der Waals surface area contributed by atoms with E-state index in [1.807, 2.05) is 0 Å². The standard InChI is InChI=1S/C10H16N4O2/c15-9(12-5-8-1-2-8)6-11-4-3-10-13-7-14-16-10/h7-8,11H,1-6H2,(H,12,15). The Hall–Kier alpha value is -1.43. The van der Waals surface area contributed by atoms with E-state index in [4.69, 9.17) is 4.52 Å². The van der Waals surface area contributed by atoms with E-state index in [-0.39, 0.29) is 5.91 Å². The molecule has 0 aromatic carbocycles. The van der Waals surface area contributed by atoms with Gasteiger partial charge in [0.25, 0.3) is 0 Å². The second-order valence-electron chi connectivity index (χ2n) is 4.01. The first-order valence-electron chi connectivity index (χ1n) is 5.57. The minimum Gasteiger partial charge on any atom is -0.355 e. The lowest BCUT2D eigenvalue weighted by atomic mass is 10.4. The molecular weight excluding hydrogens is 208 g/mol. The van der Waals surface area contributed by atoms with Crippen molar-refractivity contribution in [3.8, 4) is 0 Å². The van der Waals surface area contributed by atoms with Gasteiger partial charge >= 0.3 is 0 Å². The highest BCUT2D eigenvalue weighted by atomic mass is 16.5. The summed E-state index contributed by atoms with van der Waals surface area (Å²) in [4.78, 5) is 15.2. The lowest BCUT2D eigenvalue weighted by Gasteiger charge is -2.04. The summed E-state index contributed by atoms with van der Waals surface area (Å²) in [5, 5.41) is 9.41. The topological polar surface area (TPSA) is 80.1 Å². The van der Waals surface area contributed by atoms with Crippen molar-refractivity contribution in [1.82, 2.24) is 20.8 Å². The van der Waals surface area contributed by atoms with Crippen LogP contribution in [0.4, 0.5) is 0 Å². The minimum atomic E-state index is 0.0532. The van der Waals surface area contributed by atoms with Crippen molar-refractivity contribution in [3.63, 3.8) is 0 Å². The molecule has 6 heteroatoms. The predicted octanol–water partition coefficient (Wildman–Crippen LogP) is -0.272. The molecule has 1 heterocycles. The van der Waals surface area contributed by atoms with Gasteiger partial charge in [0.15, 0.2) is 6.33 Å². The smallest absolute Gasteiger partial charge is 0.233 e. The van der Waals surface area contributed by atoms with Crippen LogP contribution in [-0.4, -0.2) is 35.7 Å². The van der Waals surface area contributed by atoms with Crippen molar-refractivity contribution in [2.75, 3.05) is 19.6 Å². The van der Waals surface area contributed by atoms with Gasteiger partial charge in [-0.3, -0.25) is 4.79 Å². The largest absolute Gasteiger partial charge is 0.355 e. The Labute approximate surface area is 93.8 Å². The SMILES string of the molecule is O=C(CNCCc1ncno1)NCC1CC1. The van der Waals surface area contributed by atoms with Gasteiger partial charge in [-0.2, -0.15) is 4.98 Å². The van der Waals surface area contributed by atoms with E-state index >= 15 is 0 Å². The van der Waals surface area contributed by atoms with Crippen LogP contribution < -0.4 is 10.6 Å². The van der Waals surface area contributed by atoms with Crippen LogP contribution >= 0.6 is 0 Å². The van der Waals surface area contributed by atoms with Gasteiger partial charge in [0.2, 0.25) is 11.8 Å². The second-order valence-corrected chi connectivity index (χ2v) is 4.01. The van der Waals surface area contributed by atoms with E-state index in [9.17, 15) is 4.79 Å². The fraction of sp³-hybridized carbons (Fsp3) is 0.700. The Morgan fingerprint density at radius 3 is 3.12 bits per heavy atom. The van der Waals surface area contributed by atoms with Gasteiger partial charge in [-0.05, 0) is 18.8 Å². The van der Waals surface area contributed by atoms with Crippen molar-refractivity contribution < 1.29 is 9.32 Å². The number of carbonyl (C=O) groups is 1. The number of amides is 1. The third kappa shape index (κ3) is 3.98. The molecule has 1 aromatic heterocycles. The van der Waals surface area contributed by atoms with Crippen LogP contribution in [0.25, 0.3) is 0 Å². The molecule has 2 N–H and O–H groups in total. The molecule has 2 rings (SSSR count). The molecule has 0 saturated heterocycles. The monoisotopic (exact) mass is 224 g/mol. The number of rotatable bonds is 7. The van der Waals surface area contributed by atoms with Gasteiger partial charge in [-0.15, -0.1) is 0 Å². The lowest BCUT2D eigenvalue weighted by molar-refractivity contribution is -0.120. The number of carbonyl (C=O) groups excluding carboxylic acids is 1. The van der Waals surface area contributed by atoms with Crippen LogP contribution in [0.5, 0.6) is 0 Å². The van der Waals surface area contributed by atoms with E-state index in [1.54, 1.807) is 0 Å². The summed E-state index contributed by atoms with van der Waals surface area (Å²) in [6, 6.07) is 0. The van der Waals surface area contributed by atoms with Crippen LogP contribution in [0.2, 0.25) is 0 Å². The Balaban J connectivity index is 1.48. The zero-order valence-electron chi connectivity index (χ0n) is 9.11. The second kappa shape index (κ2) is 5.60. The molecule has 0 unspecified atom stereocenters. The van der Waals surface area contributed by atoms with E-state index in [2.05, 4.69) is 20.8 Å². The molecule has 0 atom stereocenters. The van der Waals surface area contributed by atoms with Crippen LogP contribution in [-0.2, 0) is 11.2 Å². The van der Waals surface area contributed by atoms with Crippen molar-refractivity contribution in [3.05, 3.63) is 12.2 Å². The van der Waals surface area contributed by atoms with Gasteiger partial charge in [0, 0.05) is 19.5 Å². The molecule has 1 aromatic rings. The number of hydrogen-bond donors (Lipinski definition) is 2. The minimum absolute atomic E-state index is 0.0532. The van der Waals surface area contributed by atoms with Crippen molar-refractivity contribution in [2.24, 2.45) is 5.92 Å². The predicted molar refractivity (Wildman–Crippen MR) is 56.6 cm³/mol. The summed E-state index contributed by atoms with van der Waals surface area (Å²) < 4.78 is 4.83. The first-order chi connectivity index (χ1) is 7.84. The van der Waals surface area contributed by atoms with Crippen molar-refractivity contribution >= 4 is 5.91 Å². The molecule has 1 amide bonds. The number of hydrogen-bond acceptors (Lipinski definition) is 5. The van der Waals surface area contributed by atoms with Crippen LogP contribution in [0.15, 0.2) is 10.9 Å². The van der Waals surface area contributed by atoms with Gasteiger partial charge in [-0.1, -0.05) is 5.16 Å². The summed E-state index contributed by atoms with van der Waals surface area (Å²) in [6.45, 7) is 1.84. The molecule has 0 bridgehead atoms. The summed E-state index contributed by atoms with van der Waals surface area (Å²) in [6.07, 6.45) is 4.53. The van der Waals surface area contributed by atoms with Gasteiger partial charge in [0.05, 0.1) is 6.54 Å². The molecule has 0 radical (unpaired) electrons. The molecule has 16 heavy (non-hydrogen) atoms. The van der Waals surface area contributed by atoms with Crippen molar-refractivity contribution in [1.29, 1.82) is 0 Å². The van der Waals surface area contributed by atoms with E-state index in [1.165, 1.54) is 19.2 Å². The van der Waals surface area contributed by atoms with E-state index in [0.717, 1.165) is 12.5 Å².